The molecule has 0 spiro atoms. The molecule has 0 aromatic heterocycles. The molecule has 1 radical (unpaired) electrons. The Balaban J connectivity index is 0.000000205. The Morgan fingerprint density at radius 3 is 0.723 bits per heavy atom. The predicted octanol–water partition coefficient (Wildman–Crippen LogP) is 7.89. The molecule has 1 aliphatic carbocycles. The van der Waals surface area contributed by atoms with Crippen LogP contribution in [0.3, 0.4) is 0 Å². The summed E-state index contributed by atoms with van der Waals surface area (Å²) in [5.74, 6) is 0. The third kappa shape index (κ3) is 11.0. The van der Waals surface area contributed by atoms with Gasteiger partial charge in [0.2, 0.25) is 0 Å². The molecule has 1 N–H and O–H groups in total. The summed E-state index contributed by atoms with van der Waals surface area (Å²) >= 11 is 0. The average molecular weight is 743 g/mol. The largest absolute Gasteiger partial charge is 0.386 e. The first-order valence-electron chi connectivity index (χ1n) is 15.6. The van der Waals surface area contributed by atoms with E-state index in [9.17, 15) is 0 Å². The molecule has 0 unspecified atom stereocenters. The van der Waals surface area contributed by atoms with Gasteiger partial charge in [0.1, 0.15) is 31.8 Å². The maximum absolute atomic E-state index is 9.10. The van der Waals surface area contributed by atoms with Crippen LogP contribution >= 0.6 is 15.8 Å². The molecule has 1 saturated carbocycles. The zero-order valence-electron chi connectivity index (χ0n) is 27.0. The van der Waals surface area contributed by atoms with E-state index in [0.717, 1.165) is 19.3 Å². The van der Waals surface area contributed by atoms with E-state index < -0.39 is 21.4 Å². The van der Waals surface area contributed by atoms with Crippen molar-refractivity contribution in [3.63, 3.8) is 0 Å². The molecule has 241 valence electrons. The van der Waals surface area contributed by atoms with E-state index in [1.165, 1.54) is 31.8 Å². The molecule has 6 aromatic rings. The van der Waals surface area contributed by atoms with Crippen LogP contribution in [0.4, 0.5) is 0 Å². The molecule has 47 heavy (non-hydrogen) atoms. The summed E-state index contributed by atoms with van der Waals surface area (Å²) in [6.07, 6.45) is 4.62. The topological polar surface area (TPSA) is 20.2 Å². The van der Waals surface area contributed by atoms with Crippen LogP contribution in [0, 0.1) is 7.43 Å². The van der Waals surface area contributed by atoms with Crippen molar-refractivity contribution in [3.05, 3.63) is 202 Å². The first-order valence-corrected chi connectivity index (χ1v) is 18.6. The minimum Gasteiger partial charge on any atom is -0.386 e. The molecular weight excluding hydrogens is 697 g/mol. The van der Waals surface area contributed by atoms with Crippen molar-refractivity contribution >= 4 is 47.7 Å². The molecule has 0 aliphatic heterocycles. The third-order valence-corrected chi connectivity index (χ3v) is 13.4. The Kier molecular flexibility index (Phi) is 16.2. The van der Waals surface area contributed by atoms with Gasteiger partial charge in [-0.3, -0.25) is 0 Å². The van der Waals surface area contributed by atoms with Gasteiger partial charge in [0, 0.05) is 19.5 Å². The van der Waals surface area contributed by atoms with E-state index in [4.69, 9.17) is 5.11 Å². The van der Waals surface area contributed by atoms with Gasteiger partial charge >= 0.3 is 0 Å². The van der Waals surface area contributed by atoms with E-state index >= 15 is 0 Å². The van der Waals surface area contributed by atoms with Crippen LogP contribution in [0.25, 0.3) is 0 Å². The monoisotopic (exact) mass is 742 g/mol. The van der Waals surface area contributed by atoms with Crippen molar-refractivity contribution in [3.8, 4) is 0 Å². The number of hydrogen-bond donors (Lipinski definition) is 1. The van der Waals surface area contributed by atoms with E-state index in [0.29, 0.717) is 0 Å². The van der Waals surface area contributed by atoms with E-state index in [2.05, 4.69) is 189 Å². The van der Waals surface area contributed by atoms with Gasteiger partial charge in [-0.1, -0.05) is 115 Å². The van der Waals surface area contributed by atoms with Gasteiger partial charge in [-0.15, -0.1) is 6.58 Å². The summed E-state index contributed by atoms with van der Waals surface area (Å²) in [5.41, 5.74) is -0.472. The van der Waals surface area contributed by atoms with Crippen LogP contribution in [0.2, 0.25) is 0 Å². The first-order chi connectivity index (χ1) is 22.2. The molecular formula is C43H45OP2Rh+. The summed E-state index contributed by atoms with van der Waals surface area (Å²) < 4.78 is 0. The Morgan fingerprint density at radius 2 is 0.617 bits per heavy atom. The second-order valence-electron chi connectivity index (χ2n) is 11.1. The molecule has 4 heteroatoms. The maximum atomic E-state index is 9.10. The fourth-order valence-electron chi connectivity index (χ4n) is 5.37. The van der Waals surface area contributed by atoms with Crippen LogP contribution in [0.1, 0.15) is 19.3 Å². The standard InChI is InChI=1S/2C18H15P.C6H10O.CH3.Rh/c2*1-4-10-16(11-5-1)19(17-12-6-2-7-13-17)18-14-8-3-9-15-18;1-2-6(7)4-3-5-6;;/h2*1-15H;2,7H,1,3-5H2;1H3;/q;;;-1;/p+2. The van der Waals surface area contributed by atoms with E-state index in [1.54, 1.807) is 6.08 Å². The van der Waals surface area contributed by atoms with Crippen molar-refractivity contribution in [2.75, 3.05) is 0 Å². The Hall–Kier alpha value is -3.50. The summed E-state index contributed by atoms with van der Waals surface area (Å²) in [6, 6.07) is 65.0. The van der Waals surface area contributed by atoms with Gasteiger partial charge in [0.05, 0.1) is 21.4 Å². The molecule has 6 aromatic carbocycles. The van der Waals surface area contributed by atoms with Crippen LogP contribution < -0.4 is 31.8 Å². The number of benzene rings is 6. The Labute approximate surface area is 297 Å². The average Bonchev–Trinajstić information content (AvgIpc) is 3.11. The van der Waals surface area contributed by atoms with E-state index in [1.807, 2.05) is 0 Å². The normalized spacial score (nSPS) is 12.4. The van der Waals surface area contributed by atoms with Crippen molar-refractivity contribution < 1.29 is 24.6 Å². The van der Waals surface area contributed by atoms with Gasteiger partial charge in [-0.05, 0) is 92.1 Å². The van der Waals surface area contributed by atoms with Gasteiger partial charge < -0.3 is 12.5 Å². The zero-order chi connectivity index (χ0) is 31.2. The maximum Gasteiger partial charge on any atom is 0.102 e. The fourth-order valence-corrected chi connectivity index (χ4v) is 10.5. The van der Waals surface area contributed by atoms with Crippen LogP contribution in [-0.4, -0.2) is 10.7 Å². The van der Waals surface area contributed by atoms with Crippen molar-refractivity contribution in [2.24, 2.45) is 0 Å². The summed E-state index contributed by atoms with van der Waals surface area (Å²) in [4.78, 5) is 0. The molecule has 1 aliphatic rings. The number of aliphatic hydroxyl groups is 1. The fraction of sp³-hybridized carbons (Fsp3) is 0.0930. The smallest absolute Gasteiger partial charge is 0.102 e. The Bertz CT molecular complexity index is 1370. The van der Waals surface area contributed by atoms with Crippen LogP contribution in [0.5, 0.6) is 0 Å². The van der Waals surface area contributed by atoms with Gasteiger partial charge in [0.25, 0.3) is 0 Å². The third-order valence-electron chi connectivity index (χ3n) is 7.97. The Morgan fingerprint density at radius 1 is 0.426 bits per heavy atom. The summed E-state index contributed by atoms with van der Waals surface area (Å²) in [5, 5.41) is 17.7. The minimum absolute atomic E-state index is 0. The molecule has 0 atom stereocenters. The molecule has 7 rings (SSSR count). The summed E-state index contributed by atoms with van der Waals surface area (Å²) in [6.45, 7) is 3.50. The molecule has 0 saturated heterocycles. The summed E-state index contributed by atoms with van der Waals surface area (Å²) in [7, 11) is -1.75. The van der Waals surface area contributed by atoms with Crippen LogP contribution in [0.15, 0.2) is 195 Å². The number of hydrogen-bond acceptors (Lipinski definition) is 1. The van der Waals surface area contributed by atoms with Crippen molar-refractivity contribution in [2.45, 2.75) is 24.9 Å². The van der Waals surface area contributed by atoms with Crippen molar-refractivity contribution in [1.82, 2.24) is 0 Å². The molecule has 0 bridgehead atoms. The van der Waals surface area contributed by atoms with Crippen molar-refractivity contribution in [1.29, 1.82) is 0 Å². The van der Waals surface area contributed by atoms with Crippen LogP contribution in [-0.2, 0) is 19.5 Å². The van der Waals surface area contributed by atoms with Gasteiger partial charge in [0.15, 0.2) is 0 Å². The first kappa shape index (κ1) is 38.0. The zero-order valence-corrected chi connectivity index (χ0v) is 30.6. The second kappa shape index (κ2) is 20.0. The molecule has 1 nitrogen and oxygen atoms in total. The molecule has 1 fully saturated rings. The predicted molar refractivity (Wildman–Crippen MR) is 208 cm³/mol. The second-order valence-corrected chi connectivity index (χ2v) is 16.1. The molecule has 0 amide bonds. The molecule has 0 heterocycles. The minimum atomic E-state index is -0.877. The van der Waals surface area contributed by atoms with Gasteiger partial charge in [-0.2, -0.15) is 0 Å². The van der Waals surface area contributed by atoms with E-state index in [-0.39, 0.29) is 26.9 Å². The van der Waals surface area contributed by atoms with Gasteiger partial charge in [-0.25, -0.2) is 0 Å². The SMILES string of the molecule is C=CC1(O)CCC1.[CH3-].[Rh].c1ccc([PH+](c2ccccc2)c2ccccc2)cc1.c1ccc([PH+](c2ccccc2)c2ccccc2)cc1. The quantitative estimate of drug-likeness (QED) is 0.0764. The number of rotatable bonds is 7.